The Hall–Kier alpha value is -0.690. The second-order valence-corrected chi connectivity index (χ2v) is 6.48. The molecule has 0 aliphatic carbocycles. The van der Waals surface area contributed by atoms with E-state index in [2.05, 4.69) is 25.9 Å². The quantitative estimate of drug-likeness (QED) is 0.889. The van der Waals surface area contributed by atoms with Crippen LogP contribution < -0.4 is 10.6 Å². The molecular weight excluding hydrogens is 308 g/mol. The minimum absolute atomic E-state index is 0. The highest BCUT2D eigenvalue weighted by molar-refractivity contribution is 7.13. The fourth-order valence-electron chi connectivity index (χ4n) is 2.88. The number of carbonyl (C=O) groups excluding carboxylic acids is 1. The van der Waals surface area contributed by atoms with Crippen LogP contribution in [0, 0.1) is 0 Å². The average Bonchev–Trinajstić information content (AvgIpc) is 3.11. The number of nitrogens with one attached hydrogen (secondary N) is 2. The summed E-state index contributed by atoms with van der Waals surface area (Å²) in [4.78, 5) is 19.0. The van der Waals surface area contributed by atoms with Gasteiger partial charge in [0.1, 0.15) is 0 Å². The Kier molecular flexibility index (Phi) is 6.41. The number of piperidine rings is 1. The summed E-state index contributed by atoms with van der Waals surface area (Å²) in [6.07, 6.45) is 5.94. The van der Waals surface area contributed by atoms with E-state index in [0.717, 1.165) is 36.8 Å². The molecule has 7 heteroatoms. The fraction of sp³-hybridized carbons (Fsp3) is 0.714. The largest absolute Gasteiger partial charge is 0.306 e. The Balaban J connectivity index is 0.00000161. The summed E-state index contributed by atoms with van der Waals surface area (Å²) in [6.45, 7) is 4.20. The molecule has 2 N–H and O–H groups in total. The number of anilines is 1. The second kappa shape index (κ2) is 8.08. The first-order valence-corrected chi connectivity index (χ1v) is 8.40. The van der Waals surface area contributed by atoms with Crippen LogP contribution in [0.25, 0.3) is 0 Å². The second-order valence-electron chi connectivity index (χ2n) is 5.62. The number of thiazole rings is 1. The molecule has 5 nitrogen and oxygen atoms in total. The van der Waals surface area contributed by atoms with Gasteiger partial charge in [-0.1, -0.05) is 6.42 Å². The Morgan fingerprint density at radius 3 is 2.90 bits per heavy atom. The van der Waals surface area contributed by atoms with Crippen LogP contribution in [0.15, 0.2) is 5.38 Å². The van der Waals surface area contributed by atoms with Gasteiger partial charge in [-0.2, -0.15) is 0 Å². The van der Waals surface area contributed by atoms with Crippen LogP contribution in [0.5, 0.6) is 0 Å². The lowest BCUT2D eigenvalue weighted by Gasteiger charge is -2.25. The number of nitrogens with zero attached hydrogens (tertiary/aromatic N) is 2. The highest BCUT2D eigenvalue weighted by atomic mass is 35.5. The minimum atomic E-state index is -0.0376. The summed E-state index contributed by atoms with van der Waals surface area (Å²) in [6, 6.07) is -0.0376. The zero-order valence-electron chi connectivity index (χ0n) is 12.1. The van der Waals surface area contributed by atoms with Crippen molar-refractivity contribution in [3.05, 3.63) is 11.1 Å². The SMILES string of the molecule is Cl.O=C(Nc1nc(CN2CCCCC2)cs1)C1CCCN1. The third-order valence-electron chi connectivity index (χ3n) is 3.99. The highest BCUT2D eigenvalue weighted by Gasteiger charge is 2.22. The van der Waals surface area contributed by atoms with Crippen molar-refractivity contribution in [1.29, 1.82) is 0 Å². The van der Waals surface area contributed by atoms with Gasteiger partial charge in [0.15, 0.2) is 5.13 Å². The molecule has 118 valence electrons. The number of amides is 1. The van der Waals surface area contributed by atoms with Crippen molar-refractivity contribution >= 4 is 34.8 Å². The number of aromatic nitrogens is 1. The van der Waals surface area contributed by atoms with Crippen molar-refractivity contribution in [3.63, 3.8) is 0 Å². The van der Waals surface area contributed by atoms with Crippen molar-refractivity contribution < 1.29 is 4.79 Å². The van der Waals surface area contributed by atoms with E-state index in [0.29, 0.717) is 0 Å². The van der Waals surface area contributed by atoms with E-state index in [1.54, 1.807) is 0 Å². The molecule has 3 heterocycles. The number of likely N-dealkylation sites (tertiary alicyclic amines) is 1. The van der Waals surface area contributed by atoms with Gasteiger partial charge in [0.2, 0.25) is 5.91 Å². The predicted octanol–water partition coefficient (Wildman–Crippen LogP) is 2.24. The van der Waals surface area contributed by atoms with Gasteiger partial charge < -0.3 is 10.6 Å². The molecule has 0 saturated carbocycles. The first-order valence-electron chi connectivity index (χ1n) is 7.52. The Bertz CT molecular complexity index is 456. The van der Waals surface area contributed by atoms with Gasteiger partial charge in [-0.15, -0.1) is 23.7 Å². The van der Waals surface area contributed by atoms with Gasteiger partial charge >= 0.3 is 0 Å². The van der Waals surface area contributed by atoms with E-state index in [-0.39, 0.29) is 24.4 Å². The molecule has 21 heavy (non-hydrogen) atoms. The monoisotopic (exact) mass is 330 g/mol. The van der Waals surface area contributed by atoms with Gasteiger partial charge in [0.25, 0.3) is 0 Å². The molecule has 0 aromatic carbocycles. The number of hydrogen-bond donors (Lipinski definition) is 2. The maximum atomic E-state index is 12.0. The van der Waals surface area contributed by atoms with E-state index in [4.69, 9.17) is 0 Å². The van der Waals surface area contributed by atoms with Crippen LogP contribution >= 0.6 is 23.7 Å². The first kappa shape index (κ1) is 16.7. The molecule has 1 amide bonds. The molecule has 1 atom stereocenters. The van der Waals surface area contributed by atoms with Crippen LogP contribution in [0.1, 0.15) is 37.8 Å². The van der Waals surface area contributed by atoms with E-state index in [9.17, 15) is 4.79 Å². The van der Waals surface area contributed by atoms with Crippen LogP contribution in [0.2, 0.25) is 0 Å². The molecule has 2 aliphatic heterocycles. The van der Waals surface area contributed by atoms with Gasteiger partial charge in [-0.05, 0) is 45.3 Å². The average molecular weight is 331 g/mol. The van der Waals surface area contributed by atoms with Gasteiger partial charge in [-0.3, -0.25) is 9.69 Å². The Labute approximate surface area is 135 Å². The lowest BCUT2D eigenvalue weighted by atomic mass is 10.1. The lowest BCUT2D eigenvalue weighted by Crippen LogP contribution is -2.35. The van der Waals surface area contributed by atoms with Gasteiger partial charge in [-0.25, -0.2) is 4.98 Å². The van der Waals surface area contributed by atoms with Gasteiger partial charge in [0.05, 0.1) is 11.7 Å². The van der Waals surface area contributed by atoms with Crippen molar-refractivity contribution in [1.82, 2.24) is 15.2 Å². The summed E-state index contributed by atoms with van der Waals surface area (Å²) >= 11 is 1.53. The Morgan fingerprint density at radius 1 is 1.38 bits per heavy atom. The van der Waals surface area contributed by atoms with Crippen LogP contribution in [0.4, 0.5) is 5.13 Å². The molecule has 1 aromatic rings. The van der Waals surface area contributed by atoms with Crippen molar-refractivity contribution in [2.45, 2.75) is 44.7 Å². The number of rotatable bonds is 4. The summed E-state index contributed by atoms with van der Waals surface area (Å²) in [5.74, 6) is 0.0568. The molecule has 1 aromatic heterocycles. The molecule has 2 aliphatic rings. The fourth-order valence-corrected chi connectivity index (χ4v) is 3.59. The molecule has 2 saturated heterocycles. The summed E-state index contributed by atoms with van der Waals surface area (Å²) in [5, 5.41) is 8.93. The predicted molar refractivity (Wildman–Crippen MR) is 88.1 cm³/mol. The van der Waals surface area contributed by atoms with Crippen molar-refractivity contribution in [3.8, 4) is 0 Å². The number of halogens is 1. The van der Waals surface area contributed by atoms with Crippen molar-refractivity contribution in [2.75, 3.05) is 25.0 Å². The van der Waals surface area contributed by atoms with Crippen LogP contribution in [0.3, 0.4) is 0 Å². The highest BCUT2D eigenvalue weighted by Crippen LogP contribution is 2.19. The molecule has 2 fully saturated rings. The van der Waals surface area contributed by atoms with E-state index >= 15 is 0 Å². The molecule has 1 unspecified atom stereocenters. The zero-order chi connectivity index (χ0) is 13.8. The standard InChI is InChI=1S/C14H22N4OS.ClH/c19-13(12-5-4-6-15-12)17-14-16-11(10-20-14)9-18-7-2-1-3-8-18;/h10,12,15H,1-9H2,(H,16,17,19);1H. The normalized spacial score (nSPS) is 22.8. The lowest BCUT2D eigenvalue weighted by molar-refractivity contribution is -0.117. The number of carbonyl (C=O) groups is 1. The van der Waals surface area contributed by atoms with Crippen LogP contribution in [-0.2, 0) is 11.3 Å². The van der Waals surface area contributed by atoms with E-state index < -0.39 is 0 Å². The number of hydrogen-bond acceptors (Lipinski definition) is 5. The third kappa shape index (κ3) is 4.64. The smallest absolute Gasteiger partial charge is 0.243 e. The molecule has 3 rings (SSSR count). The maximum absolute atomic E-state index is 12.0. The molecular formula is C14H23ClN4OS. The molecule has 0 radical (unpaired) electrons. The van der Waals surface area contributed by atoms with Gasteiger partial charge in [0, 0.05) is 11.9 Å². The van der Waals surface area contributed by atoms with E-state index in [1.165, 1.54) is 43.7 Å². The summed E-state index contributed by atoms with van der Waals surface area (Å²) < 4.78 is 0. The molecule has 0 spiro atoms. The maximum Gasteiger partial charge on any atom is 0.243 e. The summed E-state index contributed by atoms with van der Waals surface area (Å²) in [5.41, 5.74) is 1.08. The van der Waals surface area contributed by atoms with E-state index in [1.807, 2.05) is 0 Å². The third-order valence-corrected chi connectivity index (χ3v) is 4.80. The topological polar surface area (TPSA) is 57.3 Å². The van der Waals surface area contributed by atoms with Crippen molar-refractivity contribution in [2.24, 2.45) is 0 Å². The summed E-state index contributed by atoms with van der Waals surface area (Å²) in [7, 11) is 0. The Morgan fingerprint density at radius 2 is 2.19 bits per heavy atom. The zero-order valence-corrected chi connectivity index (χ0v) is 13.8. The van der Waals surface area contributed by atoms with Crippen LogP contribution in [-0.4, -0.2) is 41.5 Å². The first-order chi connectivity index (χ1) is 9.81. The molecule has 0 bridgehead atoms. The minimum Gasteiger partial charge on any atom is -0.306 e.